The number of nitrogens with zero attached hydrogens (tertiary/aromatic N) is 2. The summed E-state index contributed by atoms with van der Waals surface area (Å²) >= 11 is 1.54. The van der Waals surface area contributed by atoms with Crippen LogP contribution in [-0.4, -0.2) is 17.1 Å². The number of hydrogen-bond donors (Lipinski definition) is 1. The minimum atomic E-state index is -0.0857. The van der Waals surface area contributed by atoms with E-state index in [2.05, 4.69) is 15.5 Å². The van der Waals surface area contributed by atoms with Crippen molar-refractivity contribution in [1.82, 2.24) is 10.4 Å². The number of rotatable bonds is 3. The molecule has 1 rings (SSSR count). The predicted octanol–water partition coefficient (Wildman–Crippen LogP) is 1.31. The Morgan fingerprint density at radius 3 is 3.15 bits per heavy atom. The highest BCUT2D eigenvalue weighted by atomic mass is 32.1. The van der Waals surface area contributed by atoms with E-state index in [1.165, 1.54) is 11.3 Å². The maximum Gasteiger partial charge on any atom is 0.239 e. The molecule has 0 fully saturated rings. The van der Waals surface area contributed by atoms with E-state index in [0.29, 0.717) is 6.42 Å². The van der Waals surface area contributed by atoms with Gasteiger partial charge < -0.3 is 0 Å². The number of thiazole rings is 1. The first-order valence-corrected chi connectivity index (χ1v) is 4.78. The van der Waals surface area contributed by atoms with Crippen molar-refractivity contribution < 1.29 is 4.79 Å². The molecular weight excluding hydrogens is 186 g/mol. The van der Waals surface area contributed by atoms with Crippen LogP contribution in [0.15, 0.2) is 11.3 Å². The van der Waals surface area contributed by atoms with Gasteiger partial charge in [0.05, 0.1) is 16.1 Å². The van der Waals surface area contributed by atoms with Gasteiger partial charge in [-0.25, -0.2) is 10.4 Å². The van der Waals surface area contributed by atoms with Crippen LogP contribution in [-0.2, 0) is 4.79 Å². The summed E-state index contributed by atoms with van der Waals surface area (Å²) in [6.07, 6.45) is 3.76. The lowest BCUT2D eigenvalue weighted by molar-refractivity contribution is -0.120. The average Bonchev–Trinajstić information content (AvgIpc) is 2.51. The van der Waals surface area contributed by atoms with Gasteiger partial charge in [0, 0.05) is 12.6 Å². The molecule has 1 amide bonds. The van der Waals surface area contributed by atoms with Crippen LogP contribution < -0.4 is 5.43 Å². The molecule has 13 heavy (non-hydrogen) atoms. The van der Waals surface area contributed by atoms with Crippen molar-refractivity contribution in [1.29, 1.82) is 0 Å². The van der Waals surface area contributed by atoms with Crippen LogP contribution in [0.2, 0.25) is 0 Å². The summed E-state index contributed by atoms with van der Waals surface area (Å²) < 4.78 is 0. The number of aromatic nitrogens is 1. The quantitative estimate of drug-likeness (QED) is 0.586. The summed E-state index contributed by atoms with van der Waals surface area (Å²) in [6, 6.07) is 0. The Labute approximate surface area is 80.7 Å². The molecule has 0 saturated carbocycles. The van der Waals surface area contributed by atoms with Crippen LogP contribution in [0.3, 0.4) is 0 Å². The zero-order chi connectivity index (χ0) is 9.68. The molecule has 0 bridgehead atoms. The van der Waals surface area contributed by atoms with Gasteiger partial charge in [-0.1, -0.05) is 6.92 Å². The third kappa shape index (κ3) is 3.33. The first-order chi connectivity index (χ1) is 6.22. The van der Waals surface area contributed by atoms with Gasteiger partial charge in [-0.2, -0.15) is 5.10 Å². The molecule has 0 aliphatic rings. The summed E-state index contributed by atoms with van der Waals surface area (Å²) in [5, 5.41) is 4.76. The Kier molecular flexibility index (Phi) is 3.57. The average molecular weight is 197 g/mol. The van der Waals surface area contributed by atoms with E-state index >= 15 is 0 Å². The molecule has 0 radical (unpaired) electrons. The largest absolute Gasteiger partial charge is 0.273 e. The fraction of sp³-hybridized carbons (Fsp3) is 0.375. The van der Waals surface area contributed by atoms with E-state index in [-0.39, 0.29) is 5.91 Å². The topological polar surface area (TPSA) is 54.4 Å². The van der Waals surface area contributed by atoms with E-state index in [1.54, 1.807) is 19.3 Å². The smallest absolute Gasteiger partial charge is 0.239 e. The van der Waals surface area contributed by atoms with Crippen molar-refractivity contribution in [2.45, 2.75) is 20.3 Å². The highest BCUT2D eigenvalue weighted by Crippen LogP contribution is 2.07. The predicted molar refractivity (Wildman–Crippen MR) is 52.9 cm³/mol. The van der Waals surface area contributed by atoms with Crippen LogP contribution >= 0.6 is 11.3 Å². The minimum absolute atomic E-state index is 0.0857. The number of hydrogen-bond acceptors (Lipinski definition) is 4. The summed E-state index contributed by atoms with van der Waals surface area (Å²) in [5.74, 6) is -0.0857. The zero-order valence-corrected chi connectivity index (χ0v) is 8.39. The van der Waals surface area contributed by atoms with Gasteiger partial charge in [-0.15, -0.1) is 11.3 Å². The minimum Gasteiger partial charge on any atom is -0.273 e. The second-order valence-electron chi connectivity index (χ2n) is 2.43. The van der Waals surface area contributed by atoms with Gasteiger partial charge in [0.15, 0.2) is 0 Å². The van der Waals surface area contributed by atoms with Crippen molar-refractivity contribution in [2.75, 3.05) is 0 Å². The number of hydrazone groups is 1. The molecule has 1 aromatic heterocycles. The van der Waals surface area contributed by atoms with Crippen LogP contribution in [0.1, 0.15) is 23.2 Å². The molecule has 0 aliphatic carbocycles. The molecule has 0 aromatic carbocycles. The number of aryl methyl sites for hydroxylation is 1. The van der Waals surface area contributed by atoms with Crippen molar-refractivity contribution >= 4 is 23.5 Å². The standard InChI is InChI=1S/C8H11N3OS/c1-3-8(12)11-10-5-7-4-9-6(2)13-7/h4-5H,3H2,1-2H3,(H,11,12)/b10-5+. The van der Waals surface area contributed by atoms with Gasteiger partial charge in [-0.05, 0) is 6.92 Å². The van der Waals surface area contributed by atoms with Crippen LogP contribution in [0.4, 0.5) is 0 Å². The molecule has 4 nitrogen and oxygen atoms in total. The Balaban J connectivity index is 2.45. The van der Waals surface area contributed by atoms with E-state index in [4.69, 9.17) is 0 Å². The molecule has 0 aliphatic heterocycles. The SMILES string of the molecule is CCC(=O)N/N=C/c1cnc(C)s1. The van der Waals surface area contributed by atoms with Crippen LogP contribution in [0.5, 0.6) is 0 Å². The normalized spacial score (nSPS) is 10.6. The number of amides is 1. The van der Waals surface area contributed by atoms with E-state index in [9.17, 15) is 4.79 Å². The number of carbonyl (C=O) groups is 1. The summed E-state index contributed by atoms with van der Waals surface area (Å²) in [4.78, 5) is 15.8. The zero-order valence-electron chi connectivity index (χ0n) is 7.57. The molecule has 5 heteroatoms. The maximum absolute atomic E-state index is 10.8. The Morgan fingerprint density at radius 2 is 2.62 bits per heavy atom. The lowest BCUT2D eigenvalue weighted by Crippen LogP contribution is -2.15. The van der Waals surface area contributed by atoms with Crippen molar-refractivity contribution in [3.05, 3.63) is 16.1 Å². The highest BCUT2D eigenvalue weighted by Gasteiger charge is 1.94. The first-order valence-electron chi connectivity index (χ1n) is 3.96. The molecule has 1 N–H and O–H groups in total. The highest BCUT2D eigenvalue weighted by molar-refractivity contribution is 7.13. The Hall–Kier alpha value is -1.23. The summed E-state index contributed by atoms with van der Waals surface area (Å²) in [6.45, 7) is 3.70. The Morgan fingerprint density at radius 1 is 1.85 bits per heavy atom. The lowest BCUT2D eigenvalue weighted by atomic mass is 10.5. The third-order valence-electron chi connectivity index (χ3n) is 1.34. The fourth-order valence-corrected chi connectivity index (χ4v) is 1.34. The number of carbonyl (C=O) groups excluding carboxylic acids is 1. The molecule has 70 valence electrons. The van der Waals surface area contributed by atoms with Gasteiger partial charge in [-0.3, -0.25) is 4.79 Å². The summed E-state index contributed by atoms with van der Waals surface area (Å²) in [5.41, 5.74) is 2.40. The maximum atomic E-state index is 10.8. The van der Waals surface area contributed by atoms with Gasteiger partial charge >= 0.3 is 0 Å². The van der Waals surface area contributed by atoms with Crippen molar-refractivity contribution in [3.8, 4) is 0 Å². The monoisotopic (exact) mass is 197 g/mol. The Bertz CT molecular complexity index is 319. The second kappa shape index (κ2) is 4.71. The fourth-order valence-electron chi connectivity index (χ4n) is 0.684. The number of nitrogens with one attached hydrogen (secondary N) is 1. The van der Waals surface area contributed by atoms with Crippen LogP contribution in [0, 0.1) is 6.92 Å². The van der Waals surface area contributed by atoms with Crippen molar-refractivity contribution in [2.24, 2.45) is 5.10 Å². The molecule has 1 aromatic rings. The third-order valence-corrected chi connectivity index (χ3v) is 2.19. The first kappa shape index (κ1) is 9.85. The molecule has 0 unspecified atom stereocenters. The van der Waals surface area contributed by atoms with E-state index in [1.807, 2.05) is 6.92 Å². The summed E-state index contributed by atoms with van der Waals surface area (Å²) in [7, 11) is 0. The van der Waals surface area contributed by atoms with Gasteiger partial charge in [0.2, 0.25) is 5.91 Å². The van der Waals surface area contributed by atoms with E-state index < -0.39 is 0 Å². The lowest BCUT2D eigenvalue weighted by Gasteiger charge is -1.91. The van der Waals surface area contributed by atoms with E-state index in [0.717, 1.165) is 9.88 Å². The molecule has 0 atom stereocenters. The molecular formula is C8H11N3OS. The van der Waals surface area contributed by atoms with Crippen LogP contribution in [0.25, 0.3) is 0 Å². The molecule has 0 saturated heterocycles. The second-order valence-corrected chi connectivity index (χ2v) is 3.69. The van der Waals surface area contributed by atoms with Crippen molar-refractivity contribution in [3.63, 3.8) is 0 Å². The van der Waals surface area contributed by atoms with Gasteiger partial charge in [0.1, 0.15) is 0 Å². The van der Waals surface area contributed by atoms with Gasteiger partial charge in [0.25, 0.3) is 0 Å². The molecule has 0 spiro atoms. The molecule has 1 heterocycles.